The molecule has 0 aromatic rings. The lowest BCUT2D eigenvalue weighted by atomic mass is 10.2. The van der Waals surface area contributed by atoms with Crippen molar-refractivity contribution in [1.82, 2.24) is 4.90 Å². The summed E-state index contributed by atoms with van der Waals surface area (Å²) in [6, 6.07) is 0.278. The number of nitrogens with two attached hydrogens (primary N) is 1. The maximum atomic E-state index is 12.5. The topological polar surface area (TPSA) is 29.3 Å². The van der Waals surface area contributed by atoms with E-state index in [0.29, 0.717) is 19.5 Å². The van der Waals surface area contributed by atoms with Crippen LogP contribution >= 0.6 is 0 Å². The molecule has 0 amide bonds. The maximum absolute atomic E-state index is 12.5. The van der Waals surface area contributed by atoms with Crippen molar-refractivity contribution in [2.24, 2.45) is 5.73 Å². The minimum Gasteiger partial charge on any atom is -0.329 e. The third-order valence-corrected chi connectivity index (χ3v) is 1.91. The van der Waals surface area contributed by atoms with Crippen molar-refractivity contribution < 1.29 is 4.39 Å². The van der Waals surface area contributed by atoms with Gasteiger partial charge >= 0.3 is 0 Å². The number of nitrogens with zero attached hydrogens (tertiary/aromatic N) is 1. The first-order valence-corrected chi connectivity index (χ1v) is 3.28. The number of alkyl halides is 1. The van der Waals surface area contributed by atoms with Crippen LogP contribution in [0.5, 0.6) is 0 Å². The monoisotopic (exact) mass is 132 g/mol. The number of hydrogen-bond donors (Lipinski definition) is 1. The van der Waals surface area contributed by atoms with E-state index in [4.69, 9.17) is 5.73 Å². The zero-order chi connectivity index (χ0) is 6.85. The molecule has 54 valence electrons. The van der Waals surface area contributed by atoms with Gasteiger partial charge in [-0.2, -0.15) is 0 Å². The fourth-order valence-electron chi connectivity index (χ4n) is 1.29. The zero-order valence-electron chi connectivity index (χ0n) is 5.68. The summed E-state index contributed by atoms with van der Waals surface area (Å²) in [5, 5.41) is 0. The van der Waals surface area contributed by atoms with Crippen molar-refractivity contribution in [3.8, 4) is 0 Å². The molecule has 0 unspecified atom stereocenters. The van der Waals surface area contributed by atoms with E-state index in [9.17, 15) is 4.39 Å². The standard InChI is InChI=1S/C6H13FN2/c1-9-4-5(7)2-6(9)3-8/h5-6H,2-4,8H2,1H3/t5-,6+/m1/s1. The Kier molecular flexibility index (Phi) is 2.03. The van der Waals surface area contributed by atoms with Crippen molar-refractivity contribution >= 4 is 0 Å². The minimum absolute atomic E-state index is 0.278. The third kappa shape index (κ3) is 1.40. The summed E-state index contributed by atoms with van der Waals surface area (Å²) in [5.41, 5.74) is 5.38. The second-order valence-corrected chi connectivity index (χ2v) is 2.66. The Morgan fingerprint density at radius 2 is 2.44 bits per heavy atom. The van der Waals surface area contributed by atoms with Crippen LogP contribution < -0.4 is 5.73 Å². The van der Waals surface area contributed by atoms with Gasteiger partial charge < -0.3 is 5.73 Å². The van der Waals surface area contributed by atoms with E-state index in [1.54, 1.807) is 0 Å². The van der Waals surface area contributed by atoms with E-state index in [-0.39, 0.29) is 6.04 Å². The van der Waals surface area contributed by atoms with Crippen molar-refractivity contribution in [3.63, 3.8) is 0 Å². The van der Waals surface area contributed by atoms with Crippen LogP contribution in [-0.2, 0) is 0 Å². The lowest BCUT2D eigenvalue weighted by Crippen LogP contribution is -2.31. The van der Waals surface area contributed by atoms with E-state index >= 15 is 0 Å². The predicted octanol–water partition coefficient (Wildman–Crippen LogP) is -0.0127. The minimum atomic E-state index is -0.649. The van der Waals surface area contributed by atoms with Crippen LogP contribution in [0, 0.1) is 0 Å². The van der Waals surface area contributed by atoms with Gasteiger partial charge in [-0.3, -0.25) is 4.90 Å². The maximum Gasteiger partial charge on any atom is 0.114 e. The molecule has 1 heterocycles. The number of likely N-dealkylation sites (N-methyl/N-ethyl adjacent to an activating group) is 1. The number of halogens is 1. The van der Waals surface area contributed by atoms with Crippen LogP contribution in [0.4, 0.5) is 4.39 Å². The fourth-order valence-corrected chi connectivity index (χ4v) is 1.29. The van der Waals surface area contributed by atoms with Gasteiger partial charge in [-0.25, -0.2) is 4.39 Å². The van der Waals surface area contributed by atoms with Crippen molar-refractivity contribution in [2.75, 3.05) is 20.1 Å². The summed E-state index contributed by atoms with van der Waals surface area (Å²) in [6.07, 6.45) is -0.0314. The first-order valence-electron chi connectivity index (χ1n) is 3.28. The summed E-state index contributed by atoms with van der Waals surface area (Å²) in [5.74, 6) is 0. The smallest absolute Gasteiger partial charge is 0.114 e. The highest BCUT2D eigenvalue weighted by molar-refractivity contribution is 4.83. The van der Waals surface area contributed by atoms with Gasteiger partial charge in [0.2, 0.25) is 0 Å². The average molecular weight is 132 g/mol. The summed E-state index contributed by atoms with van der Waals surface area (Å²) in [7, 11) is 1.91. The third-order valence-electron chi connectivity index (χ3n) is 1.91. The molecule has 0 spiro atoms. The molecule has 1 fully saturated rings. The van der Waals surface area contributed by atoms with E-state index in [1.165, 1.54) is 0 Å². The molecule has 1 saturated heterocycles. The molecule has 2 atom stereocenters. The van der Waals surface area contributed by atoms with Crippen LogP contribution in [0.3, 0.4) is 0 Å². The van der Waals surface area contributed by atoms with E-state index in [2.05, 4.69) is 0 Å². The normalized spacial score (nSPS) is 37.7. The average Bonchev–Trinajstić information content (AvgIpc) is 2.10. The highest BCUT2D eigenvalue weighted by Gasteiger charge is 2.27. The summed E-state index contributed by atoms with van der Waals surface area (Å²) >= 11 is 0. The molecule has 0 radical (unpaired) electrons. The highest BCUT2D eigenvalue weighted by Crippen LogP contribution is 2.16. The Morgan fingerprint density at radius 1 is 1.78 bits per heavy atom. The molecule has 0 saturated carbocycles. The van der Waals surface area contributed by atoms with Gasteiger partial charge in [0, 0.05) is 19.1 Å². The lowest BCUT2D eigenvalue weighted by Gasteiger charge is -2.15. The van der Waals surface area contributed by atoms with Crippen LogP contribution in [0.2, 0.25) is 0 Å². The van der Waals surface area contributed by atoms with Gasteiger partial charge in [0.1, 0.15) is 6.17 Å². The van der Waals surface area contributed by atoms with Gasteiger partial charge in [-0.15, -0.1) is 0 Å². The quantitative estimate of drug-likeness (QED) is 0.543. The molecule has 1 aliphatic rings. The Labute approximate surface area is 54.8 Å². The molecule has 0 aliphatic carbocycles. The Hall–Kier alpha value is -0.150. The molecule has 3 heteroatoms. The van der Waals surface area contributed by atoms with Gasteiger partial charge in [0.25, 0.3) is 0 Å². The first kappa shape index (κ1) is 6.96. The fraction of sp³-hybridized carbons (Fsp3) is 1.00. The molecule has 9 heavy (non-hydrogen) atoms. The van der Waals surface area contributed by atoms with Gasteiger partial charge in [-0.1, -0.05) is 0 Å². The van der Waals surface area contributed by atoms with Gasteiger partial charge in [0.15, 0.2) is 0 Å². The number of likely N-dealkylation sites (tertiary alicyclic amines) is 1. The second-order valence-electron chi connectivity index (χ2n) is 2.66. The Bertz CT molecular complexity index is 97.1. The predicted molar refractivity (Wildman–Crippen MR) is 35.0 cm³/mol. The molecule has 2 nitrogen and oxygen atoms in total. The summed E-state index contributed by atoms with van der Waals surface area (Å²) in [4.78, 5) is 1.98. The van der Waals surface area contributed by atoms with Gasteiger partial charge in [0.05, 0.1) is 0 Å². The Morgan fingerprint density at radius 3 is 2.67 bits per heavy atom. The second kappa shape index (κ2) is 2.62. The molecule has 0 bridgehead atoms. The van der Waals surface area contributed by atoms with Crippen molar-refractivity contribution in [3.05, 3.63) is 0 Å². The van der Waals surface area contributed by atoms with Crippen molar-refractivity contribution in [1.29, 1.82) is 0 Å². The number of rotatable bonds is 1. The largest absolute Gasteiger partial charge is 0.329 e. The van der Waals surface area contributed by atoms with Crippen LogP contribution in [0.15, 0.2) is 0 Å². The molecule has 0 aromatic heterocycles. The van der Waals surface area contributed by atoms with E-state index in [1.807, 2.05) is 11.9 Å². The van der Waals surface area contributed by atoms with E-state index < -0.39 is 6.17 Å². The number of hydrogen-bond acceptors (Lipinski definition) is 2. The molecular formula is C6H13FN2. The molecular weight excluding hydrogens is 119 g/mol. The van der Waals surface area contributed by atoms with Crippen LogP contribution in [-0.4, -0.2) is 37.3 Å². The summed E-state index contributed by atoms with van der Waals surface area (Å²) < 4.78 is 12.5. The van der Waals surface area contributed by atoms with Crippen LogP contribution in [0.1, 0.15) is 6.42 Å². The van der Waals surface area contributed by atoms with Gasteiger partial charge in [-0.05, 0) is 13.5 Å². The molecule has 2 N–H and O–H groups in total. The van der Waals surface area contributed by atoms with E-state index in [0.717, 1.165) is 0 Å². The molecule has 1 rings (SSSR count). The van der Waals surface area contributed by atoms with Crippen molar-refractivity contribution in [2.45, 2.75) is 18.6 Å². The first-order chi connectivity index (χ1) is 4.24. The Balaban J connectivity index is 2.38. The molecule has 1 aliphatic heterocycles. The summed E-state index contributed by atoms with van der Waals surface area (Å²) in [6.45, 7) is 1.14. The zero-order valence-corrected chi connectivity index (χ0v) is 5.68. The van der Waals surface area contributed by atoms with Crippen LogP contribution in [0.25, 0.3) is 0 Å². The highest BCUT2D eigenvalue weighted by atomic mass is 19.1. The lowest BCUT2D eigenvalue weighted by molar-refractivity contribution is 0.297. The SMILES string of the molecule is CN1C[C@H](F)C[C@H]1CN. The molecule has 0 aromatic carbocycles.